The van der Waals surface area contributed by atoms with E-state index < -0.39 is 16.9 Å². The highest BCUT2D eigenvalue weighted by Gasteiger charge is 2.55. The molecule has 2 amide bonds. The molecule has 200 valence electrons. The Morgan fingerprint density at radius 3 is 2.44 bits per heavy atom. The summed E-state index contributed by atoms with van der Waals surface area (Å²) in [6.07, 6.45) is 3.47. The maximum atomic E-state index is 15.0. The summed E-state index contributed by atoms with van der Waals surface area (Å²) in [4.78, 5) is 38.0. The fourth-order valence-corrected chi connectivity index (χ4v) is 5.31. The third-order valence-electron chi connectivity index (χ3n) is 7.67. The first-order chi connectivity index (χ1) is 18.8. The predicted octanol–water partition coefficient (Wildman–Crippen LogP) is 5.62. The molecule has 3 aromatic rings. The molecule has 1 saturated heterocycles. The summed E-state index contributed by atoms with van der Waals surface area (Å²) in [5.41, 5.74) is 1.08. The fourth-order valence-electron chi connectivity index (χ4n) is 5.31. The third kappa shape index (κ3) is 5.72. The molecule has 5 rings (SSSR count). The number of halogens is 2. The molecule has 39 heavy (non-hydrogen) atoms. The molecule has 1 saturated carbocycles. The summed E-state index contributed by atoms with van der Waals surface area (Å²) in [6.45, 7) is 1.04. The highest BCUT2D eigenvalue weighted by Crippen LogP contribution is 2.54. The molecule has 7 nitrogen and oxygen atoms in total. The van der Waals surface area contributed by atoms with Crippen LogP contribution in [0, 0.1) is 21.3 Å². The fraction of sp³-hybridized carbons (Fsp3) is 0.267. The van der Waals surface area contributed by atoms with Crippen LogP contribution in [0.5, 0.6) is 0 Å². The number of piperidine rings is 1. The van der Waals surface area contributed by atoms with E-state index in [2.05, 4.69) is 5.32 Å². The second-order valence-corrected chi connectivity index (χ2v) is 10.1. The number of para-hydroxylation sites is 1. The number of alkyl halides is 1. The first kappa shape index (κ1) is 26.2. The van der Waals surface area contributed by atoms with Gasteiger partial charge in [0.2, 0.25) is 5.91 Å². The zero-order valence-electron chi connectivity index (χ0n) is 21.1. The van der Waals surface area contributed by atoms with Crippen LogP contribution < -0.4 is 5.32 Å². The van der Waals surface area contributed by atoms with Crippen LogP contribution in [0.3, 0.4) is 0 Å². The summed E-state index contributed by atoms with van der Waals surface area (Å²) in [5.74, 6) is -1.02. The Bertz CT molecular complexity index is 1450. The molecule has 1 aliphatic heterocycles. The number of amides is 2. The number of nitro benzene ring substituents is 1. The molecule has 2 fully saturated rings. The van der Waals surface area contributed by atoms with E-state index in [0.717, 1.165) is 25.3 Å². The summed E-state index contributed by atoms with van der Waals surface area (Å²) in [5, 5.41) is 14.1. The third-order valence-corrected chi connectivity index (χ3v) is 7.67. The molecular weight excluding hydrogens is 504 g/mol. The van der Waals surface area contributed by atoms with Gasteiger partial charge < -0.3 is 10.2 Å². The van der Waals surface area contributed by atoms with E-state index >= 15 is 4.39 Å². The lowest BCUT2D eigenvalue weighted by atomic mass is 9.92. The maximum Gasteiger partial charge on any atom is 0.276 e. The Morgan fingerprint density at radius 1 is 1.03 bits per heavy atom. The van der Waals surface area contributed by atoms with Crippen molar-refractivity contribution < 1.29 is 23.3 Å². The Labute approximate surface area is 224 Å². The van der Waals surface area contributed by atoms with Crippen molar-refractivity contribution in [2.75, 3.05) is 13.1 Å². The van der Waals surface area contributed by atoms with E-state index in [0.29, 0.717) is 29.8 Å². The molecule has 1 N–H and O–H groups in total. The lowest BCUT2D eigenvalue weighted by Crippen LogP contribution is -2.41. The SMILES string of the molecule is O=C(/C=C/c1ccccc1[N+](=O)[O-])NC1CC12CCN(C(=O)c1cccc(C(F)c3cccc(F)c3)c1)CC2. The minimum absolute atomic E-state index is 0.0143. The Kier molecular flexibility index (Phi) is 7.24. The zero-order valence-corrected chi connectivity index (χ0v) is 21.1. The minimum Gasteiger partial charge on any atom is -0.349 e. The summed E-state index contributed by atoms with van der Waals surface area (Å²) >= 11 is 0. The van der Waals surface area contributed by atoms with Gasteiger partial charge in [-0.3, -0.25) is 19.7 Å². The molecule has 1 spiro atoms. The van der Waals surface area contributed by atoms with Crippen molar-refractivity contribution in [3.8, 4) is 0 Å². The molecule has 1 aliphatic carbocycles. The molecule has 3 aromatic carbocycles. The predicted molar refractivity (Wildman–Crippen MR) is 142 cm³/mol. The van der Waals surface area contributed by atoms with E-state index in [4.69, 9.17) is 0 Å². The summed E-state index contributed by atoms with van der Waals surface area (Å²) < 4.78 is 28.6. The number of benzene rings is 3. The quantitative estimate of drug-likeness (QED) is 0.243. The van der Waals surface area contributed by atoms with Gasteiger partial charge in [0, 0.05) is 36.8 Å². The molecular formula is C30H27F2N3O4. The standard InChI is InChI=1S/C30H27F2N3O4/c31-24-9-4-7-22(18-24)28(32)21-6-3-8-23(17-21)29(37)34-15-13-30(14-16-34)19-26(30)33-27(36)12-11-20-5-1-2-10-25(20)35(38)39/h1-12,17-18,26,28H,13-16,19H2,(H,33,36)/b12-11+. The van der Waals surface area contributed by atoms with Gasteiger partial charge in [0.15, 0.2) is 6.17 Å². The van der Waals surface area contributed by atoms with Crippen molar-refractivity contribution in [1.29, 1.82) is 0 Å². The van der Waals surface area contributed by atoms with Gasteiger partial charge in [0.25, 0.3) is 11.6 Å². The van der Waals surface area contributed by atoms with Crippen LogP contribution in [0.4, 0.5) is 14.5 Å². The van der Waals surface area contributed by atoms with Crippen molar-refractivity contribution in [3.05, 3.63) is 117 Å². The van der Waals surface area contributed by atoms with Crippen LogP contribution in [0.25, 0.3) is 6.08 Å². The lowest BCUT2D eigenvalue weighted by molar-refractivity contribution is -0.385. The first-order valence-corrected chi connectivity index (χ1v) is 12.8. The molecule has 2 aliphatic rings. The molecule has 0 bridgehead atoms. The number of nitrogens with one attached hydrogen (secondary N) is 1. The highest BCUT2D eigenvalue weighted by molar-refractivity contribution is 5.94. The van der Waals surface area contributed by atoms with E-state index in [1.54, 1.807) is 41.3 Å². The van der Waals surface area contributed by atoms with E-state index in [-0.39, 0.29) is 34.5 Å². The highest BCUT2D eigenvalue weighted by atomic mass is 19.1. The first-order valence-electron chi connectivity index (χ1n) is 12.8. The van der Waals surface area contributed by atoms with Crippen LogP contribution in [-0.2, 0) is 4.79 Å². The molecule has 2 atom stereocenters. The zero-order chi connectivity index (χ0) is 27.6. The monoisotopic (exact) mass is 531 g/mol. The summed E-state index contributed by atoms with van der Waals surface area (Å²) in [6, 6.07) is 18.0. The topological polar surface area (TPSA) is 92.5 Å². The maximum absolute atomic E-state index is 15.0. The van der Waals surface area contributed by atoms with Gasteiger partial charge in [-0.15, -0.1) is 0 Å². The summed E-state index contributed by atoms with van der Waals surface area (Å²) in [7, 11) is 0. The average molecular weight is 532 g/mol. The minimum atomic E-state index is -1.55. The number of likely N-dealkylation sites (tertiary alicyclic amines) is 1. The van der Waals surface area contributed by atoms with Crippen molar-refractivity contribution in [1.82, 2.24) is 10.2 Å². The molecule has 2 unspecified atom stereocenters. The lowest BCUT2D eigenvalue weighted by Gasteiger charge is -2.33. The van der Waals surface area contributed by atoms with Gasteiger partial charge in [0.05, 0.1) is 10.5 Å². The van der Waals surface area contributed by atoms with Gasteiger partial charge in [0.1, 0.15) is 5.82 Å². The van der Waals surface area contributed by atoms with Gasteiger partial charge in [-0.2, -0.15) is 0 Å². The van der Waals surface area contributed by atoms with Crippen LogP contribution in [0.1, 0.15) is 52.5 Å². The second kappa shape index (κ2) is 10.8. The molecule has 1 heterocycles. The number of hydrogen-bond donors (Lipinski definition) is 1. The van der Waals surface area contributed by atoms with Crippen molar-refractivity contribution in [2.45, 2.75) is 31.5 Å². The van der Waals surface area contributed by atoms with Crippen molar-refractivity contribution in [3.63, 3.8) is 0 Å². The molecule has 0 aromatic heterocycles. The molecule has 9 heteroatoms. The van der Waals surface area contributed by atoms with Crippen LogP contribution in [0.2, 0.25) is 0 Å². The Balaban J connectivity index is 1.16. The van der Waals surface area contributed by atoms with Crippen molar-refractivity contribution >= 4 is 23.6 Å². The van der Waals surface area contributed by atoms with E-state index in [9.17, 15) is 24.1 Å². The Morgan fingerprint density at radius 2 is 1.72 bits per heavy atom. The number of hydrogen-bond acceptors (Lipinski definition) is 4. The van der Waals surface area contributed by atoms with E-state index in [1.807, 2.05) is 0 Å². The second-order valence-electron chi connectivity index (χ2n) is 10.1. The number of rotatable bonds is 7. The van der Waals surface area contributed by atoms with E-state index in [1.165, 1.54) is 42.5 Å². The van der Waals surface area contributed by atoms with Crippen molar-refractivity contribution in [2.24, 2.45) is 5.41 Å². The van der Waals surface area contributed by atoms with Gasteiger partial charge in [-0.05, 0) is 72.2 Å². The number of nitro groups is 1. The van der Waals surface area contributed by atoms with Crippen LogP contribution in [0.15, 0.2) is 78.9 Å². The molecule has 0 radical (unpaired) electrons. The Hall–Kier alpha value is -4.40. The number of carbonyl (C=O) groups is 2. The smallest absolute Gasteiger partial charge is 0.276 e. The number of nitrogens with zero attached hydrogens (tertiary/aromatic N) is 2. The van der Waals surface area contributed by atoms with Crippen LogP contribution >= 0.6 is 0 Å². The largest absolute Gasteiger partial charge is 0.349 e. The van der Waals surface area contributed by atoms with Crippen LogP contribution in [-0.4, -0.2) is 40.8 Å². The average Bonchev–Trinajstić information content (AvgIpc) is 3.61. The van der Waals surface area contributed by atoms with Gasteiger partial charge >= 0.3 is 0 Å². The normalized spacial score (nSPS) is 18.6. The van der Waals surface area contributed by atoms with Gasteiger partial charge in [-0.25, -0.2) is 8.78 Å². The number of carbonyl (C=O) groups excluding carboxylic acids is 2. The van der Waals surface area contributed by atoms with Gasteiger partial charge in [-0.1, -0.05) is 36.4 Å².